The van der Waals surface area contributed by atoms with Crippen LogP contribution in [0.1, 0.15) is 12.5 Å². The molecule has 2 aromatic carbocycles. The number of hydrogen-bond donors (Lipinski definition) is 0. The van der Waals surface area contributed by atoms with Crippen molar-refractivity contribution in [2.75, 3.05) is 4.90 Å². The lowest BCUT2D eigenvalue weighted by atomic mass is 10.1. The first-order valence-corrected chi connectivity index (χ1v) is 6.56. The number of fused-ring (bicyclic) bond motifs is 1. The molecule has 0 aliphatic carbocycles. The lowest BCUT2D eigenvalue weighted by molar-refractivity contribution is -0.125. The molecular weight excluding hydrogens is 276 g/mol. The zero-order valence-electron chi connectivity index (χ0n) is 11.3. The predicted molar refractivity (Wildman–Crippen MR) is 74.1 cm³/mol. The molecule has 108 valence electrons. The Morgan fingerprint density at radius 2 is 1.76 bits per heavy atom. The molecule has 0 fully saturated rings. The van der Waals surface area contributed by atoms with E-state index in [0.717, 1.165) is 5.56 Å². The van der Waals surface area contributed by atoms with Gasteiger partial charge in [-0.05, 0) is 36.8 Å². The van der Waals surface area contributed by atoms with Crippen LogP contribution >= 0.6 is 0 Å². The van der Waals surface area contributed by atoms with Gasteiger partial charge in [0.1, 0.15) is 17.4 Å². The van der Waals surface area contributed by atoms with Crippen LogP contribution < -0.4 is 9.64 Å². The van der Waals surface area contributed by atoms with Crippen molar-refractivity contribution in [2.45, 2.75) is 19.6 Å². The molecule has 5 heteroatoms. The monoisotopic (exact) mass is 289 g/mol. The Labute approximate surface area is 120 Å². The third-order valence-corrected chi connectivity index (χ3v) is 3.38. The highest BCUT2D eigenvalue weighted by Gasteiger charge is 2.31. The lowest BCUT2D eigenvalue weighted by Gasteiger charge is -2.33. The molecule has 3 nitrogen and oxygen atoms in total. The van der Waals surface area contributed by atoms with Crippen LogP contribution in [0.3, 0.4) is 0 Å². The fourth-order valence-electron chi connectivity index (χ4n) is 2.32. The maximum absolute atomic E-state index is 13.4. The fraction of sp³-hybridized carbons (Fsp3) is 0.188. The highest BCUT2D eigenvalue weighted by Crippen LogP contribution is 2.35. The van der Waals surface area contributed by atoms with E-state index in [1.807, 2.05) is 0 Å². The van der Waals surface area contributed by atoms with Gasteiger partial charge in [0.15, 0.2) is 6.10 Å². The van der Waals surface area contributed by atoms with Crippen LogP contribution in [0.25, 0.3) is 0 Å². The molecule has 0 saturated carbocycles. The van der Waals surface area contributed by atoms with Crippen molar-refractivity contribution in [3.8, 4) is 5.75 Å². The summed E-state index contributed by atoms with van der Waals surface area (Å²) in [6.45, 7) is 1.88. The van der Waals surface area contributed by atoms with E-state index >= 15 is 0 Å². The van der Waals surface area contributed by atoms with Gasteiger partial charge in [-0.25, -0.2) is 8.78 Å². The maximum Gasteiger partial charge on any atom is 0.268 e. The van der Waals surface area contributed by atoms with Crippen molar-refractivity contribution in [1.29, 1.82) is 0 Å². The van der Waals surface area contributed by atoms with Crippen molar-refractivity contribution in [3.05, 3.63) is 59.7 Å². The molecule has 1 unspecified atom stereocenters. The standard InChI is InChI=1S/C16H13F2NO2/c1-10-16(20)19(9-11-2-4-12(17)5-3-11)14-8-13(18)6-7-15(14)21-10/h2-8,10H,9H2,1H3. The van der Waals surface area contributed by atoms with E-state index in [0.29, 0.717) is 11.4 Å². The molecule has 0 spiro atoms. The first-order chi connectivity index (χ1) is 10.0. The van der Waals surface area contributed by atoms with Crippen LogP contribution in [0.2, 0.25) is 0 Å². The van der Waals surface area contributed by atoms with E-state index in [1.165, 1.54) is 35.2 Å². The number of halogens is 2. The summed E-state index contributed by atoms with van der Waals surface area (Å²) >= 11 is 0. The van der Waals surface area contributed by atoms with Crippen LogP contribution in [0.15, 0.2) is 42.5 Å². The second kappa shape index (κ2) is 5.16. The van der Waals surface area contributed by atoms with Crippen molar-refractivity contribution >= 4 is 11.6 Å². The molecule has 1 aliphatic rings. The minimum atomic E-state index is -0.636. The summed E-state index contributed by atoms with van der Waals surface area (Å²) in [6.07, 6.45) is -0.636. The molecule has 1 aliphatic heterocycles. The minimum absolute atomic E-state index is 0.239. The third kappa shape index (κ3) is 2.59. The van der Waals surface area contributed by atoms with Gasteiger partial charge in [-0.1, -0.05) is 12.1 Å². The number of hydrogen-bond acceptors (Lipinski definition) is 2. The van der Waals surface area contributed by atoms with Crippen molar-refractivity contribution in [1.82, 2.24) is 0 Å². The average Bonchev–Trinajstić information content (AvgIpc) is 2.47. The molecule has 1 amide bonds. The van der Waals surface area contributed by atoms with Gasteiger partial charge in [0.25, 0.3) is 5.91 Å². The molecule has 3 rings (SSSR count). The summed E-state index contributed by atoms with van der Waals surface area (Å²) in [5, 5.41) is 0. The van der Waals surface area contributed by atoms with E-state index in [2.05, 4.69) is 0 Å². The number of benzene rings is 2. The minimum Gasteiger partial charge on any atom is -0.479 e. The topological polar surface area (TPSA) is 29.5 Å². The van der Waals surface area contributed by atoms with Gasteiger partial charge < -0.3 is 9.64 Å². The third-order valence-electron chi connectivity index (χ3n) is 3.38. The lowest BCUT2D eigenvalue weighted by Crippen LogP contribution is -2.44. The van der Waals surface area contributed by atoms with Gasteiger partial charge in [-0.15, -0.1) is 0 Å². The Morgan fingerprint density at radius 1 is 1.10 bits per heavy atom. The van der Waals surface area contributed by atoms with Crippen LogP contribution in [-0.4, -0.2) is 12.0 Å². The molecule has 21 heavy (non-hydrogen) atoms. The van der Waals surface area contributed by atoms with Gasteiger partial charge in [0.05, 0.1) is 12.2 Å². The Bertz CT molecular complexity index is 685. The number of carbonyl (C=O) groups is 1. The summed E-state index contributed by atoms with van der Waals surface area (Å²) < 4.78 is 31.9. The number of amides is 1. The fourth-order valence-corrected chi connectivity index (χ4v) is 2.32. The molecule has 0 N–H and O–H groups in total. The van der Waals surface area contributed by atoms with E-state index in [9.17, 15) is 13.6 Å². The molecule has 0 radical (unpaired) electrons. The van der Waals surface area contributed by atoms with E-state index in [1.54, 1.807) is 19.1 Å². The smallest absolute Gasteiger partial charge is 0.268 e. The Hall–Kier alpha value is -2.43. The summed E-state index contributed by atoms with van der Waals surface area (Å²) in [6, 6.07) is 9.92. The summed E-state index contributed by atoms with van der Waals surface area (Å²) in [5.41, 5.74) is 1.15. The molecule has 2 aromatic rings. The SMILES string of the molecule is CC1Oc2ccc(F)cc2N(Cc2ccc(F)cc2)C1=O. The van der Waals surface area contributed by atoms with Gasteiger partial charge in [-0.3, -0.25) is 4.79 Å². The van der Waals surface area contributed by atoms with Gasteiger partial charge in [-0.2, -0.15) is 0 Å². The first kappa shape index (κ1) is 13.5. The van der Waals surface area contributed by atoms with Crippen LogP contribution in [0.4, 0.5) is 14.5 Å². The predicted octanol–water partition coefficient (Wildman–Crippen LogP) is 3.28. The normalized spacial score (nSPS) is 17.4. The van der Waals surface area contributed by atoms with Crippen LogP contribution in [0, 0.1) is 11.6 Å². The van der Waals surface area contributed by atoms with Gasteiger partial charge in [0, 0.05) is 6.07 Å². The van der Waals surface area contributed by atoms with E-state index < -0.39 is 11.9 Å². The van der Waals surface area contributed by atoms with Crippen molar-refractivity contribution in [3.63, 3.8) is 0 Å². The maximum atomic E-state index is 13.4. The van der Waals surface area contributed by atoms with Crippen molar-refractivity contribution in [2.24, 2.45) is 0 Å². The Kier molecular flexibility index (Phi) is 3.33. The molecule has 0 aromatic heterocycles. The summed E-state index contributed by atoms with van der Waals surface area (Å²) in [7, 11) is 0. The van der Waals surface area contributed by atoms with Crippen LogP contribution in [0.5, 0.6) is 5.75 Å². The summed E-state index contributed by atoms with van der Waals surface area (Å²) in [4.78, 5) is 13.7. The highest BCUT2D eigenvalue weighted by atomic mass is 19.1. The molecule has 0 bridgehead atoms. The number of ether oxygens (including phenoxy) is 1. The van der Waals surface area contributed by atoms with E-state index in [4.69, 9.17) is 4.74 Å². The number of nitrogens with zero attached hydrogens (tertiary/aromatic N) is 1. The quantitative estimate of drug-likeness (QED) is 0.849. The van der Waals surface area contributed by atoms with E-state index in [-0.39, 0.29) is 18.3 Å². The van der Waals surface area contributed by atoms with Gasteiger partial charge in [0.2, 0.25) is 0 Å². The Morgan fingerprint density at radius 3 is 2.48 bits per heavy atom. The van der Waals surface area contributed by atoms with Gasteiger partial charge >= 0.3 is 0 Å². The number of anilines is 1. The largest absolute Gasteiger partial charge is 0.479 e. The van der Waals surface area contributed by atoms with Crippen LogP contribution in [-0.2, 0) is 11.3 Å². The number of carbonyl (C=O) groups excluding carboxylic acids is 1. The second-order valence-electron chi connectivity index (χ2n) is 4.92. The molecule has 1 heterocycles. The molecule has 0 saturated heterocycles. The second-order valence-corrected chi connectivity index (χ2v) is 4.92. The molecular formula is C16H13F2NO2. The summed E-state index contributed by atoms with van der Waals surface area (Å²) in [5.74, 6) is -0.571. The number of rotatable bonds is 2. The highest BCUT2D eigenvalue weighted by molar-refractivity contribution is 5.99. The van der Waals surface area contributed by atoms with Crippen molar-refractivity contribution < 1.29 is 18.3 Å². The Balaban J connectivity index is 1.98. The zero-order valence-corrected chi connectivity index (χ0v) is 11.3. The first-order valence-electron chi connectivity index (χ1n) is 6.56. The zero-order chi connectivity index (χ0) is 15.0. The average molecular weight is 289 g/mol. The molecule has 1 atom stereocenters.